The fourth-order valence-corrected chi connectivity index (χ4v) is 4.66. The molecule has 4 atom stereocenters. The van der Waals surface area contributed by atoms with Crippen LogP contribution in [0.5, 0.6) is 0 Å². The Balaban J connectivity index is 3.23. The molecule has 4 unspecified atom stereocenters. The highest BCUT2D eigenvalue weighted by molar-refractivity contribution is 8.04. The van der Waals surface area contributed by atoms with Crippen molar-refractivity contribution in [2.45, 2.75) is 50.8 Å². The predicted octanol–water partition coefficient (Wildman–Crippen LogP) is 4.76. The van der Waals surface area contributed by atoms with E-state index in [1.807, 2.05) is 12.2 Å². The van der Waals surface area contributed by atoms with Crippen LogP contribution in [0, 0.1) is 5.92 Å². The zero-order valence-corrected chi connectivity index (χ0v) is 23.8. The van der Waals surface area contributed by atoms with Gasteiger partial charge in [-0.1, -0.05) is 68.5 Å². The van der Waals surface area contributed by atoms with Crippen molar-refractivity contribution in [3.8, 4) is 0 Å². The molecule has 8 nitrogen and oxygen atoms in total. The van der Waals surface area contributed by atoms with Gasteiger partial charge >= 0.3 is 11.9 Å². The molecule has 1 aliphatic rings. The second-order valence-electron chi connectivity index (χ2n) is 8.96. The van der Waals surface area contributed by atoms with E-state index in [1.165, 1.54) is 32.5 Å². The molecule has 0 aromatic rings. The highest BCUT2D eigenvalue weighted by Crippen LogP contribution is 2.47. The van der Waals surface area contributed by atoms with Gasteiger partial charge in [-0.25, -0.2) is 0 Å². The van der Waals surface area contributed by atoms with E-state index in [0.717, 1.165) is 10.5 Å². The summed E-state index contributed by atoms with van der Waals surface area (Å²) >= 11 is 1.43. The third kappa shape index (κ3) is 12.6. The summed E-state index contributed by atoms with van der Waals surface area (Å²) in [6.07, 6.45) is 10.6. The Hall–Kier alpha value is -2.88. The van der Waals surface area contributed by atoms with E-state index in [2.05, 4.69) is 26.3 Å². The van der Waals surface area contributed by atoms with Gasteiger partial charge in [0.05, 0.1) is 19.3 Å². The van der Waals surface area contributed by atoms with Crippen molar-refractivity contribution >= 4 is 29.6 Å². The molecule has 0 N–H and O–H groups in total. The summed E-state index contributed by atoms with van der Waals surface area (Å²) in [6, 6.07) is 0. The molecule has 0 spiro atoms. The quantitative estimate of drug-likeness (QED) is 0.130. The number of amides is 1. The van der Waals surface area contributed by atoms with E-state index in [1.54, 1.807) is 36.3 Å². The first kappa shape index (κ1) is 33.1. The van der Waals surface area contributed by atoms with Crippen molar-refractivity contribution < 1.29 is 33.3 Å². The minimum Gasteiger partial charge on any atom is -0.462 e. The Morgan fingerprint density at radius 3 is 2.39 bits per heavy atom. The first-order chi connectivity index (χ1) is 18.0. The summed E-state index contributed by atoms with van der Waals surface area (Å²) in [4.78, 5) is 36.5. The average molecular weight is 548 g/mol. The number of carbonyl (C=O) groups excluding carboxylic acids is 3. The SMILES string of the molecule is C=C/C=C\C(=C)COCC(CCN(C)C(C)=O)(OC1CC1C(COC(C)=O)OC(C)=O)S/C(C=C)=C/C=C. The molecule has 1 saturated carbocycles. The first-order valence-corrected chi connectivity index (χ1v) is 13.2. The van der Waals surface area contributed by atoms with Crippen LogP contribution in [-0.4, -0.2) is 73.3 Å². The molecule has 0 aliphatic heterocycles. The Kier molecular flexibility index (Phi) is 14.7. The largest absolute Gasteiger partial charge is 0.462 e. The molecule has 1 amide bonds. The van der Waals surface area contributed by atoms with E-state index >= 15 is 0 Å². The zero-order chi connectivity index (χ0) is 28.7. The van der Waals surface area contributed by atoms with Crippen molar-refractivity contribution in [3.63, 3.8) is 0 Å². The molecule has 0 radical (unpaired) electrons. The van der Waals surface area contributed by atoms with Gasteiger partial charge in [-0.2, -0.15) is 0 Å². The number of hydrogen-bond acceptors (Lipinski definition) is 8. The maximum absolute atomic E-state index is 11.9. The second kappa shape index (κ2) is 16.9. The molecular formula is C29H41NO7S. The van der Waals surface area contributed by atoms with E-state index in [-0.39, 0.29) is 37.7 Å². The minimum absolute atomic E-state index is 0.0487. The van der Waals surface area contributed by atoms with Crippen LogP contribution in [0.25, 0.3) is 0 Å². The summed E-state index contributed by atoms with van der Waals surface area (Å²) in [5.41, 5.74) is 0.760. The summed E-state index contributed by atoms with van der Waals surface area (Å²) in [5.74, 6) is -1.15. The lowest BCUT2D eigenvalue weighted by atomic mass is 10.2. The van der Waals surface area contributed by atoms with Gasteiger partial charge in [-0.15, -0.1) is 0 Å². The third-order valence-electron chi connectivity index (χ3n) is 5.62. The van der Waals surface area contributed by atoms with Crippen molar-refractivity contribution in [2.24, 2.45) is 5.92 Å². The monoisotopic (exact) mass is 547 g/mol. The zero-order valence-electron chi connectivity index (χ0n) is 23.0. The maximum atomic E-state index is 11.9. The van der Waals surface area contributed by atoms with Gasteiger partial charge in [0.25, 0.3) is 0 Å². The Labute approximate surface area is 231 Å². The molecule has 210 valence electrons. The smallest absolute Gasteiger partial charge is 0.303 e. The molecule has 9 heteroatoms. The Bertz CT molecular complexity index is 941. The molecule has 0 aromatic carbocycles. The van der Waals surface area contributed by atoms with Crippen LogP contribution < -0.4 is 0 Å². The highest BCUT2D eigenvalue weighted by atomic mass is 32.2. The standard InChI is InChI=1S/C29H41NO7S/c1-9-12-14-21(4)18-34-20-29(15-16-30(8)22(5)31,38-25(11-3)13-10-2)37-27-17-26(27)28(36-24(7)33)19-35-23(6)32/h9-14,26-28H,1-4,15-20H2,5-8H3/b14-12-,25-13+. The van der Waals surface area contributed by atoms with Crippen molar-refractivity contribution in [1.29, 1.82) is 0 Å². The second-order valence-corrected chi connectivity index (χ2v) is 10.4. The molecule has 1 fully saturated rings. The van der Waals surface area contributed by atoms with Gasteiger partial charge in [0, 0.05) is 51.6 Å². The Morgan fingerprint density at radius 2 is 1.84 bits per heavy atom. The number of nitrogens with zero attached hydrogens (tertiary/aromatic N) is 1. The van der Waals surface area contributed by atoms with Crippen LogP contribution >= 0.6 is 11.8 Å². The van der Waals surface area contributed by atoms with Crippen molar-refractivity contribution in [2.75, 3.05) is 33.4 Å². The predicted molar refractivity (Wildman–Crippen MR) is 151 cm³/mol. The normalized spacial score (nSPS) is 19.1. The number of carbonyl (C=O) groups is 3. The average Bonchev–Trinajstić information content (AvgIpc) is 3.61. The fraction of sp³-hybridized carbons (Fsp3) is 0.483. The number of hydrogen-bond donors (Lipinski definition) is 0. The van der Waals surface area contributed by atoms with Crippen LogP contribution in [0.1, 0.15) is 33.6 Å². The molecule has 0 aromatic heterocycles. The van der Waals surface area contributed by atoms with Crippen LogP contribution in [-0.2, 0) is 33.3 Å². The number of rotatable bonds is 19. The van der Waals surface area contributed by atoms with Gasteiger partial charge in [-0.3, -0.25) is 14.4 Å². The molecular weight excluding hydrogens is 506 g/mol. The summed E-state index contributed by atoms with van der Waals surface area (Å²) in [6.45, 7) is 20.3. The number of thioether (sulfide) groups is 1. The minimum atomic E-state index is -0.920. The van der Waals surface area contributed by atoms with Crippen LogP contribution in [0.2, 0.25) is 0 Å². The third-order valence-corrected chi connectivity index (χ3v) is 6.95. The molecule has 0 heterocycles. The summed E-state index contributed by atoms with van der Waals surface area (Å²) in [7, 11) is 1.73. The maximum Gasteiger partial charge on any atom is 0.303 e. The van der Waals surface area contributed by atoms with Crippen LogP contribution in [0.3, 0.4) is 0 Å². The lowest BCUT2D eigenvalue weighted by Gasteiger charge is -2.35. The van der Waals surface area contributed by atoms with Gasteiger partial charge in [0.2, 0.25) is 5.91 Å². The topological polar surface area (TPSA) is 91.4 Å². The number of allylic oxidation sites excluding steroid dienone is 5. The molecule has 0 bridgehead atoms. The lowest BCUT2D eigenvalue weighted by Crippen LogP contribution is -2.41. The molecule has 1 aliphatic carbocycles. The van der Waals surface area contributed by atoms with E-state index in [0.29, 0.717) is 19.4 Å². The molecule has 0 saturated heterocycles. The highest BCUT2D eigenvalue weighted by Gasteiger charge is 2.51. The van der Waals surface area contributed by atoms with Gasteiger partial charge in [0.1, 0.15) is 17.6 Å². The van der Waals surface area contributed by atoms with Crippen LogP contribution in [0.15, 0.2) is 73.3 Å². The van der Waals surface area contributed by atoms with Gasteiger partial charge in [0.15, 0.2) is 0 Å². The molecule has 1 rings (SSSR count). The van der Waals surface area contributed by atoms with E-state index in [4.69, 9.17) is 18.9 Å². The number of esters is 2. The first-order valence-electron chi connectivity index (χ1n) is 12.4. The summed E-state index contributed by atoms with van der Waals surface area (Å²) in [5, 5.41) is 0. The fourth-order valence-electron chi connectivity index (χ4n) is 3.48. The van der Waals surface area contributed by atoms with Crippen molar-refractivity contribution in [1.82, 2.24) is 4.90 Å². The molecule has 38 heavy (non-hydrogen) atoms. The lowest BCUT2D eigenvalue weighted by molar-refractivity contribution is -0.158. The summed E-state index contributed by atoms with van der Waals surface area (Å²) < 4.78 is 23.3. The Morgan fingerprint density at radius 1 is 1.13 bits per heavy atom. The van der Waals surface area contributed by atoms with E-state index < -0.39 is 23.0 Å². The van der Waals surface area contributed by atoms with Crippen molar-refractivity contribution in [3.05, 3.63) is 73.3 Å². The number of ether oxygens (including phenoxy) is 4. The van der Waals surface area contributed by atoms with Gasteiger partial charge < -0.3 is 23.8 Å². The van der Waals surface area contributed by atoms with E-state index in [9.17, 15) is 14.4 Å². The van der Waals surface area contributed by atoms with Gasteiger partial charge in [-0.05, 0) is 18.1 Å². The van der Waals surface area contributed by atoms with Crippen LogP contribution in [0.4, 0.5) is 0 Å².